The average molecular weight is 237 g/mol. The number of carbonyl (C=O) groups excluding carboxylic acids is 1. The number of amides is 1. The van der Waals surface area contributed by atoms with Gasteiger partial charge in [0.25, 0.3) is 0 Å². The highest BCUT2D eigenvalue weighted by molar-refractivity contribution is 5.76. The Morgan fingerprint density at radius 2 is 2.29 bits per heavy atom. The fourth-order valence-corrected chi connectivity index (χ4v) is 1.77. The molecule has 3 N–H and O–H groups in total. The van der Waals surface area contributed by atoms with Crippen LogP contribution in [0, 0.1) is 19.8 Å². The minimum Gasteiger partial charge on any atom is -0.444 e. The molecule has 1 aliphatic rings. The Morgan fingerprint density at radius 3 is 2.82 bits per heavy atom. The van der Waals surface area contributed by atoms with Crippen molar-refractivity contribution in [1.29, 1.82) is 0 Å². The van der Waals surface area contributed by atoms with Crippen molar-refractivity contribution in [2.24, 2.45) is 11.7 Å². The number of carbonyl (C=O) groups is 1. The zero-order chi connectivity index (χ0) is 12.4. The zero-order valence-corrected chi connectivity index (χ0v) is 10.3. The lowest BCUT2D eigenvalue weighted by atomic mass is 10.1. The summed E-state index contributed by atoms with van der Waals surface area (Å²) >= 11 is 0. The largest absolute Gasteiger partial charge is 0.444 e. The maximum atomic E-state index is 11.6. The van der Waals surface area contributed by atoms with E-state index in [1.54, 1.807) is 0 Å². The van der Waals surface area contributed by atoms with Crippen molar-refractivity contribution in [1.82, 2.24) is 10.3 Å². The van der Waals surface area contributed by atoms with Crippen LogP contribution in [-0.4, -0.2) is 16.9 Å². The topological polar surface area (TPSA) is 81.2 Å². The molecule has 1 aromatic heterocycles. The second kappa shape index (κ2) is 4.87. The van der Waals surface area contributed by atoms with E-state index in [0.29, 0.717) is 24.8 Å². The van der Waals surface area contributed by atoms with Gasteiger partial charge < -0.3 is 15.5 Å². The van der Waals surface area contributed by atoms with Crippen molar-refractivity contribution in [3.63, 3.8) is 0 Å². The third-order valence-corrected chi connectivity index (χ3v) is 3.16. The Labute approximate surface area is 101 Å². The van der Waals surface area contributed by atoms with Crippen molar-refractivity contribution in [3.8, 4) is 0 Å². The van der Waals surface area contributed by atoms with Crippen LogP contribution in [0.4, 0.5) is 0 Å². The number of oxazole rings is 1. The first-order valence-corrected chi connectivity index (χ1v) is 6.01. The van der Waals surface area contributed by atoms with Gasteiger partial charge in [0.15, 0.2) is 0 Å². The van der Waals surface area contributed by atoms with Crippen molar-refractivity contribution >= 4 is 5.91 Å². The molecule has 1 atom stereocenters. The molecule has 0 radical (unpaired) electrons. The molecule has 1 heterocycles. The number of nitrogens with zero attached hydrogens (tertiary/aromatic N) is 1. The van der Waals surface area contributed by atoms with Crippen LogP contribution in [0.2, 0.25) is 0 Å². The van der Waals surface area contributed by atoms with Gasteiger partial charge in [-0.1, -0.05) is 0 Å². The predicted molar refractivity (Wildman–Crippen MR) is 63.1 cm³/mol. The minimum atomic E-state index is -0.0297. The number of aryl methyl sites for hydroxylation is 2. The number of nitrogens with two attached hydrogens (primary N) is 1. The Bertz CT molecular complexity index is 390. The molecule has 1 unspecified atom stereocenters. The van der Waals surface area contributed by atoms with Gasteiger partial charge >= 0.3 is 0 Å². The highest BCUT2D eigenvalue weighted by Gasteiger charge is 2.29. The number of hydrogen-bond acceptors (Lipinski definition) is 4. The third kappa shape index (κ3) is 3.30. The number of nitrogens with one attached hydrogen (secondary N) is 1. The summed E-state index contributed by atoms with van der Waals surface area (Å²) in [5, 5.41) is 2.78. The fourth-order valence-electron chi connectivity index (χ4n) is 1.77. The molecule has 1 fully saturated rings. The molecule has 1 amide bonds. The molecule has 0 bridgehead atoms. The Morgan fingerprint density at radius 1 is 1.59 bits per heavy atom. The van der Waals surface area contributed by atoms with Crippen LogP contribution in [-0.2, 0) is 11.3 Å². The summed E-state index contributed by atoms with van der Waals surface area (Å²) < 4.78 is 5.37. The molecule has 1 saturated carbocycles. The summed E-state index contributed by atoms with van der Waals surface area (Å²) in [6, 6.07) is 0.00281. The summed E-state index contributed by atoms with van der Waals surface area (Å²) in [5.74, 6) is 1.86. The molecule has 0 spiro atoms. The van der Waals surface area contributed by atoms with Crippen LogP contribution in [0.25, 0.3) is 0 Å². The van der Waals surface area contributed by atoms with Crippen LogP contribution in [0.5, 0.6) is 0 Å². The minimum absolute atomic E-state index is 0.00281. The molecule has 0 aromatic carbocycles. The quantitative estimate of drug-likeness (QED) is 0.801. The highest BCUT2D eigenvalue weighted by Crippen LogP contribution is 2.32. The predicted octanol–water partition coefficient (Wildman–Crippen LogP) is 1.04. The monoisotopic (exact) mass is 237 g/mol. The Kier molecular flexibility index (Phi) is 3.47. The van der Waals surface area contributed by atoms with Crippen molar-refractivity contribution in [3.05, 3.63) is 17.3 Å². The van der Waals surface area contributed by atoms with Gasteiger partial charge in [0.2, 0.25) is 11.8 Å². The molecule has 2 rings (SSSR count). The van der Waals surface area contributed by atoms with Crippen LogP contribution in [0.3, 0.4) is 0 Å². The summed E-state index contributed by atoms with van der Waals surface area (Å²) in [6.07, 6.45) is 2.71. The molecular formula is C12H19N3O2. The number of hydrogen-bond donors (Lipinski definition) is 2. The van der Waals surface area contributed by atoms with Crippen molar-refractivity contribution in [2.45, 2.75) is 45.7 Å². The van der Waals surface area contributed by atoms with Gasteiger partial charge in [-0.25, -0.2) is 4.98 Å². The second-order valence-corrected chi connectivity index (χ2v) is 4.73. The second-order valence-electron chi connectivity index (χ2n) is 4.73. The zero-order valence-electron chi connectivity index (χ0n) is 10.3. The van der Waals surface area contributed by atoms with E-state index in [4.69, 9.17) is 10.2 Å². The molecule has 94 valence electrons. The summed E-state index contributed by atoms with van der Waals surface area (Å²) in [7, 11) is 0. The van der Waals surface area contributed by atoms with Gasteiger partial charge in [-0.15, -0.1) is 0 Å². The lowest BCUT2D eigenvalue weighted by Gasteiger charge is -2.09. The Hall–Kier alpha value is -1.36. The van der Waals surface area contributed by atoms with E-state index < -0.39 is 0 Å². The molecule has 17 heavy (non-hydrogen) atoms. The molecule has 5 heteroatoms. The maximum absolute atomic E-state index is 11.6. The first-order chi connectivity index (χ1) is 8.06. The van der Waals surface area contributed by atoms with E-state index in [0.717, 1.165) is 24.3 Å². The summed E-state index contributed by atoms with van der Waals surface area (Å²) in [6.45, 7) is 4.08. The van der Waals surface area contributed by atoms with Crippen LogP contribution < -0.4 is 11.1 Å². The van der Waals surface area contributed by atoms with Gasteiger partial charge in [-0.05, 0) is 32.6 Å². The Balaban J connectivity index is 1.75. The lowest BCUT2D eigenvalue weighted by molar-refractivity contribution is -0.121. The molecular weight excluding hydrogens is 218 g/mol. The van der Waals surface area contributed by atoms with Gasteiger partial charge in [0, 0.05) is 12.5 Å². The third-order valence-electron chi connectivity index (χ3n) is 3.16. The average Bonchev–Trinajstić information content (AvgIpc) is 3.05. The van der Waals surface area contributed by atoms with E-state index in [2.05, 4.69) is 10.3 Å². The van der Waals surface area contributed by atoms with Crippen molar-refractivity contribution in [2.75, 3.05) is 0 Å². The van der Waals surface area contributed by atoms with E-state index in [1.165, 1.54) is 0 Å². The van der Waals surface area contributed by atoms with Gasteiger partial charge in [-0.3, -0.25) is 4.79 Å². The van der Waals surface area contributed by atoms with Gasteiger partial charge in [0.05, 0.1) is 12.2 Å². The van der Waals surface area contributed by atoms with E-state index in [-0.39, 0.29) is 11.9 Å². The standard InChI is InChI=1S/C12H19N3O2/c1-7-8(2)17-12(15-7)6-14-11(16)5-10(13)9-3-4-9/h9-10H,3-6,13H2,1-2H3,(H,14,16). The number of aromatic nitrogens is 1. The van der Waals surface area contributed by atoms with Crippen LogP contribution in [0.1, 0.15) is 36.6 Å². The molecule has 0 aliphatic heterocycles. The first kappa shape index (κ1) is 12.1. The summed E-state index contributed by atoms with van der Waals surface area (Å²) in [4.78, 5) is 15.8. The molecule has 1 aliphatic carbocycles. The highest BCUT2D eigenvalue weighted by atomic mass is 16.4. The smallest absolute Gasteiger partial charge is 0.221 e. The van der Waals surface area contributed by atoms with Gasteiger partial charge in [-0.2, -0.15) is 0 Å². The lowest BCUT2D eigenvalue weighted by Crippen LogP contribution is -2.32. The molecule has 1 aromatic rings. The van der Waals surface area contributed by atoms with E-state index in [1.807, 2.05) is 13.8 Å². The van der Waals surface area contributed by atoms with Crippen LogP contribution >= 0.6 is 0 Å². The molecule has 5 nitrogen and oxygen atoms in total. The van der Waals surface area contributed by atoms with E-state index in [9.17, 15) is 4.79 Å². The van der Waals surface area contributed by atoms with Crippen LogP contribution in [0.15, 0.2) is 4.42 Å². The van der Waals surface area contributed by atoms with Crippen molar-refractivity contribution < 1.29 is 9.21 Å². The first-order valence-electron chi connectivity index (χ1n) is 6.01. The fraction of sp³-hybridized carbons (Fsp3) is 0.667. The SMILES string of the molecule is Cc1nc(CNC(=O)CC(N)C2CC2)oc1C. The summed E-state index contributed by atoms with van der Waals surface area (Å²) in [5.41, 5.74) is 6.74. The van der Waals surface area contributed by atoms with E-state index >= 15 is 0 Å². The van der Waals surface area contributed by atoms with Gasteiger partial charge in [0.1, 0.15) is 5.76 Å². The maximum Gasteiger partial charge on any atom is 0.221 e. The normalized spacial score (nSPS) is 16.9. The number of rotatable bonds is 5. The molecule has 0 saturated heterocycles.